The van der Waals surface area contributed by atoms with E-state index < -0.39 is 6.10 Å². The van der Waals surface area contributed by atoms with Gasteiger partial charge in [-0.3, -0.25) is 0 Å². The van der Waals surface area contributed by atoms with Crippen LogP contribution >= 0.6 is 11.6 Å². The minimum Gasteiger partial charge on any atom is -0.392 e. The fourth-order valence-corrected chi connectivity index (χ4v) is 2.81. The van der Waals surface area contributed by atoms with Gasteiger partial charge in [-0.1, -0.05) is 22.8 Å². The third-order valence-corrected chi connectivity index (χ3v) is 4.03. The lowest BCUT2D eigenvalue weighted by Crippen LogP contribution is -2.11. The molecule has 0 amide bonds. The molecule has 2 atom stereocenters. The zero-order valence-corrected chi connectivity index (χ0v) is 11.5. The fourth-order valence-electron chi connectivity index (χ4n) is 2.58. The van der Waals surface area contributed by atoms with Crippen LogP contribution in [0.4, 0.5) is 4.39 Å². The molecule has 0 spiro atoms. The molecule has 4 nitrogen and oxygen atoms in total. The summed E-state index contributed by atoms with van der Waals surface area (Å²) in [5.74, 6) is 0.320. The zero-order chi connectivity index (χ0) is 14.1. The molecule has 1 aliphatic carbocycles. The van der Waals surface area contributed by atoms with E-state index in [1.165, 1.54) is 6.07 Å². The van der Waals surface area contributed by atoms with E-state index in [2.05, 4.69) is 10.1 Å². The Balaban J connectivity index is 1.81. The Morgan fingerprint density at radius 2 is 2.25 bits per heavy atom. The number of hydrogen-bond donors (Lipinski definition) is 1. The first kappa shape index (κ1) is 13.5. The predicted octanol–water partition coefficient (Wildman–Crippen LogP) is 3.08. The Morgan fingerprint density at radius 1 is 1.40 bits per heavy atom. The minimum atomic E-state index is -0.430. The molecule has 106 valence electrons. The second-order valence-electron chi connectivity index (χ2n) is 5.03. The van der Waals surface area contributed by atoms with Crippen LogP contribution in [0.5, 0.6) is 0 Å². The van der Waals surface area contributed by atoms with Crippen molar-refractivity contribution in [2.45, 2.75) is 37.7 Å². The van der Waals surface area contributed by atoms with Crippen molar-refractivity contribution >= 4 is 11.6 Å². The first-order valence-electron chi connectivity index (χ1n) is 6.58. The van der Waals surface area contributed by atoms with Gasteiger partial charge in [0.25, 0.3) is 0 Å². The maximum atomic E-state index is 13.7. The number of rotatable bonds is 3. The second-order valence-corrected chi connectivity index (χ2v) is 5.44. The number of hydrogen-bond acceptors (Lipinski definition) is 4. The van der Waals surface area contributed by atoms with Gasteiger partial charge in [-0.2, -0.15) is 4.98 Å². The van der Waals surface area contributed by atoms with Crippen LogP contribution in [0, 0.1) is 5.82 Å². The van der Waals surface area contributed by atoms with Gasteiger partial charge >= 0.3 is 0 Å². The van der Waals surface area contributed by atoms with E-state index in [9.17, 15) is 9.50 Å². The lowest BCUT2D eigenvalue weighted by Gasteiger charge is -2.07. The topological polar surface area (TPSA) is 59.2 Å². The van der Waals surface area contributed by atoms with Crippen molar-refractivity contribution < 1.29 is 14.0 Å². The van der Waals surface area contributed by atoms with Crippen molar-refractivity contribution in [3.05, 3.63) is 46.3 Å². The number of aliphatic hydroxyl groups excluding tert-OH is 1. The van der Waals surface area contributed by atoms with Crippen molar-refractivity contribution in [1.82, 2.24) is 10.1 Å². The third-order valence-electron chi connectivity index (χ3n) is 3.68. The van der Waals surface area contributed by atoms with Gasteiger partial charge in [-0.05, 0) is 31.4 Å². The molecular weight excluding hydrogens is 283 g/mol. The zero-order valence-electron chi connectivity index (χ0n) is 10.7. The van der Waals surface area contributed by atoms with Crippen LogP contribution in [0.2, 0.25) is 5.02 Å². The second kappa shape index (κ2) is 5.50. The number of aromatic nitrogens is 2. The summed E-state index contributed by atoms with van der Waals surface area (Å²) >= 11 is 5.97. The molecular formula is C14H14ClFN2O2. The Hall–Kier alpha value is -1.46. The molecule has 0 radical (unpaired) electrons. The molecule has 1 aliphatic rings. The molecule has 0 bridgehead atoms. The van der Waals surface area contributed by atoms with Gasteiger partial charge < -0.3 is 9.63 Å². The van der Waals surface area contributed by atoms with E-state index >= 15 is 0 Å². The lowest BCUT2D eigenvalue weighted by molar-refractivity contribution is 0.148. The van der Waals surface area contributed by atoms with E-state index in [4.69, 9.17) is 16.1 Å². The summed E-state index contributed by atoms with van der Waals surface area (Å²) in [5.41, 5.74) is 0.355. The largest absolute Gasteiger partial charge is 0.392 e. The Morgan fingerprint density at radius 3 is 2.95 bits per heavy atom. The molecule has 0 aliphatic heterocycles. The number of benzene rings is 1. The molecule has 1 aromatic heterocycles. The van der Waals surface area contributed by atoms with Gasteiger partial charge in [-0.25, -0.2) is 4.39 Å². The predicted molar refractivity (Wildman–Crippen MR) is 71.1 cm³/mol. The van der Waals surface area contributed by atoms with Crippen molar-refractivity contribution in [3.63, 3.8) is 0 Å². The van der Waals surface area contributed by atoms with Gasteiger partial charge in [0, 0.05) is 17.0 Å². The average molecular weight is 297 g/mol. The average Bonchev–Trinajstić information content (AvgIpc) is 3.02. The Kier molecular flexibility index (Phi) is 3.72. The SMILES string of the molecule is OC1CCCC1c1nc(Cc2c(F)cccc2Cl)no1. The van der Waals surface area contributed by atoms with Crippen molar-refractivity contribution in [1.29, 1.82) is 0 Å². The van der Waals surface area contributed by atoms with E-state index in [-0.39, 0.29) is 18.2 Å². The van der Waals surface area contributed by atoms with Crippen LogP contribution in [-0.2, 0) is 6.42 Å². The highest BCUT2D eigenvalue weighted by Crippen LogP contribution is 2.33. The van der Waals surface area contributed by atoms with Crippen molar-refractivity contribution in [2.24, 2.45) is 0 Å². The standard InChI is InChI=1S/C14H14ClFN2O2/c15-10-4-2-5-11(16)9(10)7-13-17-14(20-18-13)8-3-1-6-12(8)19/h2,4-5,8,12,19H,1,3,6-7H2. The summed E-state index contributed by atoms with van der Waals surface area (Å²) in [6.07, 6.45) is 2.28. The minimum absolute atomic E-state index is 0.104. The molecule has 3 rings (SSSR count). The van der Waals surface area contributed by atoms with Gasteiger partial charge in [0.05, 0.1) is 12.0 Å². The van der Waals surface area contributed by atoms with Crippen LogP contribution in [0.3, 0.4) is 0 Å². The fraction of sp³-hybridized carbons (Fsp3) is 0.429. The normalized spacial score (nSPS) is 22.4. The molecule has 1 aromatic carbocycles. The number of aliphatic hydroxyl groups is 1. The lowest BCUT2D eigenvalue weighted by atomic mass is 10.1. The van der Waals surface area contributed by atoms with Gasteiger partial charge in [0.2, 0.25) is 5.89 Å². The molecule has 1 N–H and O–H groups in total. The van der Waals surface area contributed by atoms with Crippen LogP contribution in [-0.4, -0.2) is 21.4 Å². The summed E-state index contributed by atoms with van der Waals surface area (Å²) in [7, 11) is 0. The number of nitrogens with zero attached hydrogens (tertiary/aromatic N) is 2. The summed E-state index contributed by atoms with van der Waals surface area (Å²) < 4.78 is 18.9. The highest BCUT2D eigenvalue weighted by Gasteiger charge is 2.31. The Labute approximate surface area is 120 Å². The van der Waals surface area contributed by atoms with Gasteiger partial charge in [0.15, 0.2) is 5.82 Å². The van der Waals surface area contributed by atoms with Crippen LogP contribution in [0.15, 0.2) is 22.7 Å². The highest BCUT2D eigenvalue weighted by molar-refractivity contribution is 6.31. The molecule has 20 heavy (non-hydrogen) atoms. The Bertz CT molecular complexity index is 597. The maximum Gasteiger partial charge on any atom is 0.232 e. The molecule has 6 heteroatoms. The first-order chi connectivity index (χ1) is 9.65. The summed E-state index contributed by atoms with van der Waals surface area (Å²) in [6.45, 7) is 0. The monoisotopic (exact) mass is 296 g/mol. The van der Waals surface area contributed by atoms with Gasteiger partial charge in [-0.15, -0.1) is 0 Å². The number of halogens is 2. The summed E-state index contributed by atoms with van der Waals surface area (Å²) in [4.78, 5) is 4.26. The van der Waals surface area contributed by atoms with E-state index in [1.54, 1.807) is 12.1 Å². The molecule has 1 saturated carbocycles. The van der Waals surface area contributed by atoms with E-state index in [0.29, 0.717) is 22.3 Å². The molecule has 2 aromatic rings. The highest BCUT2D eigenvalue weighted by atomic mass is 35.5. The van der Waals surface area contributed by atoms with Crippen LogP contribution in [0.1, 0.15) is 42.5 Å². The maximum absolute atomic E-state index is 13.7. The van der Waals surface area contributed by atoms with Crippen molar-refractivity contribution in [2.75, 3.05) is 0 Å². The van der Waals surface area contributed by atoms with Crippen LogP contribution < -0.4 is 0 Å². The molecule has 1 heterocycles. The third kappa shape index (κ3) is 2.55. The smallest absolute Gasteiger partial charge is 0.232 e. The van der Waals surface area contributed by atoms with E-state index in [0.717, 1.165) is 19.3 Å². The molecule has 0 saturated heterocycles. The molecule has 2 unspecified atom stereocenters. The first-order valence-corrected chi connectivity index (χ1v) is 6.96. The molecule has 1 fully saturated rings. The van der Waals surface area contributed by atoms with Gasteiger partial charge in [0.1, 0.15) is 5.82 Å². The van der Waals surface area contributed by atoms with Crippen molar-refractivity contribution in [3.8, 4) is 0 Å². The van der Waals surface area contributed by atoms with E-state index in [1.807, 2.05) is 0 Å². The summed E-state index contributed by atoms with van der Waals surface area (Å²) in [6, 6.07) is 4.53. The van der Waals surface area contributed by atoms with Crippen LogP contribution in [0.25, 0.3) is 0 Å². The summed E-state index contributed by atoms with van der Waals surface area (Å²) in [5, 5.41) is 14.0. The quantitative estimate of drug-likeness (QED) is 0.945.